The van der Waals surface area contributed by atoms with Crippen LogP contribution < -0.4 is 10.6 Å². The van der Waals surface area contributed by atoms with Crippen LogP contribution in [0.4, 0.5) is 0 Å². The average molecular weight is 508 g/mol. The van der Waals surface area contributed by atoms with Crippen LogP contribution in [0, 0.1) is 6.92 Å². The molecule has 0 unspecified atom stereocenters. The van der Waals surface area contributed by atoms with Crippen LogP contribution in [0.3, 0.4) is 0 Å². The van der Waals surface area contributed by atoms with Gasteiger partial charge in [-0.3, -0.25) is 4.99 Å². The third-order valence-electron chi connectivity index (χ3n) is 4.17. The Kier molecular flexibility index (Phi) is 8.85. The van der Waals surface area contributed by atoms with Crippen molar-refractivity contribution >= 4 is 41.7 Å². The zero-order chi connectivity index (χ0) is 19.1. The molecule has 0 aliphatic rings. The van der Waals surface area contributed by atoms with Crippen molar-refractivity contribution in [2.45, 2.75) is 24.9 Å². The lowest BCUT2D eigenvalue weighted by molar-refractivity contribution is 0.422. The molecule has 5 nitrogen and oxygen atoms in total. The van der Waals surface area contributed by atoms with E-state index in [2.05, 4.69) is 52.2 Å². The topological polar surface area (TPSA) is 62.5 Å². The number of aryl methyl sites for hydroxylation is 1. The first-order valence-corrected chi connectivity index (χ1v) is 10.0. The van der Waals surface area contributed by atoms with Crippen LogP contribution in [0.25, 0.3) is 11.3 Å². The Balaban J connectivity index is 0.00000280. The van der Waals surface area contributed by atoms with E-state index in [-0.39, 0.29) is 24.0 Å². The number of nitrogens with one attached hydrogen (secondary N) is 2. The summed E-state index contributed by atoms with van der Waals surface area (Å²) in [5.41, 5.74) is 4.37. The van der Waals surface area contributed by atoms with E-state index in [9.17, 15) is 0 Å². The number of rotatable bonds is 6. The summed E-state index contributed by atoms with van der Waals surface area (Å²) in [6.45, 7) is 3.36. The van der Waals surface area contributed by atoms with Gasteiger partial charge in [0.15, 0.2) is 11.7 Å². The fraction of sp³-hybridized carbons (Fsp3) is 0.238. The smallest absolute Gasteiger partial charge is 0.191 e. The number of nitrogens with zero attached hydrogens (tertiary/aromatic N) is 2. The van der Waals surface area contributed by atoms with Crippen molar-refractivity contribution in [3.63, 3.8) is 0 Å². The molecule has 0 aliphatic carbocycles. The molecule has 3 aromatic rings. The first kappa shape index (κ1) is 22.3. The molecule has 0 atom stereocenters. The normalized spacial score (nSPS) is 11.0. The molecule has 2 N–H and O–H groups in total. The molecule has 0 saturated carbocycles. The number of guanidine groups is 1. The lowest BCUT2D eigenvalue weighted by Gasteiger charge is -2.13. The Hall–Kier alpha value is -2.00. The van der Waals surface area contributed by atoms with Gasteiger partial charge in [-0.1, -0.05) is 47.6 Å². The highest BCUT2D eigenvalue weighted by atomic mass is 127. The number of halogens is 1. The van der Waals surface area contributed by atoms with Crippen molar-refractivity contribution < 1.29 is 4.52 Å². The number of hydrogen-bond acceptors (Lipinski definition) is 4. The molecular formula is C21H25IN4OS. The van der Waals surface area contributed by atoms with Crippen LogP contribution in [0.15, 0.2) is 69.0 Å². The molecule has 7 heteroatoms. The summed E-state index contributed by atoms with van der Waals surface area (Å²) in [6.07, 6.45) is 2.10. The summed E-state index contributed by atoms with van der Waals surface area (Å²) in [5.74, 6) is 1.49. The maximum atomic E-state index is 5.43. The maximum absolute atomic E-state index is 5.43. The number of hydrogen-bond donors (Lipinski definition) is 2. The summed E-state index contributed by atoms with van der Waals surface area (Å²) in [5, 5.41) is 10.8. The third-order valence-corrected chi connectivity index (χ3v) is 4.99. The van der Waals surface area contributed by atoms with Crippen LogP contribution in [0.5, 0.6) is 0 Å². The van der Waals surface area contributed by atoms with E-state index >= 15 is 0 Å². The van der Waals surface area contributed by atoms with Crippen LogP contribution in [0.1, 0.15) is 16.8 Å². The van der Waals surface area contributed by atoms with Crippen LogP contribution >= 0.6 is 35.7 Å². The molecular weight excluding hydrogens is 483 g/mol. The van der Waals surface area contributed by atoms with Crippen molar-refractivity contribution in [2.75, 3.05) is 13.3 Å². The second kappa shape index (κ2) is 11.1. The molecule has 1 heterocycles. The molecule has 0 fully saturated rings. The Morgan fingerprint density at radius 1 is 1.07 bits per heavy atom. The Bertz CT molecular complexity index is 912. The second-order valence-electron chi connectivity index (χ2n) is 6.14. The molecule has 0 saturated heterocycles. The predicted octanol–water partition coefficient (Wildman–Crippen LogP) is 4.86. The van der Waals surface area contributed by atoms with E-state index in [4.69, 9.17) is 4.52 Å². The summed E-state index contributed by atoms with van der Waals surface area (Å²) in [7, 11) is 1.76. The summed E-state index contributed by atoms with van der Waals surface area (Å²) in [4.78, 5) is 5.57. The highest BCUT2D eigenvalue weighted by Gasteiger charge is 2.08. The molecule has 148 valence electrons. The van der Waals surface area contributed by atoms with E-state index in [1.165, 1.54) is 16.0 Å². The zero-order valence-electron chi connectivity index (χ0n) is 16.2. The van der Waals surface area contributed by atoms with Crippen molar-refractivity contribution in [3.8, 4) is 11.3 Å². The van der Waals surface area contributed by atoms with Gasteiger partial charge in [0.2, 0.25) is 0 Å². The van der Waals surface area contributed by atoms with Crippen LogP contribution in [-0.2, 0) is 13.1 Å². The van der Waals surface area contributed by atoms with Crippen molar-refractivity contribution in [1.82, 2.24) is 15.8 Å². The molecule has 0 aliphatic heterocycles. The molecule has 0 bridgehead atoms. The molecule has 1 aromatic heterocycles. The van der Waals surface area contributed by atoms with E-state index in [0.717, 1.165) is 23.0 Å². The summed E-state index contributed by atoms with van der Waals surface area (Å²) < 4.78 is 5.43. The third kappa shape index (κ3) is 6.00. The van der Waals surface area contributed by atoms with Gasteiger partial charge in [0.05, 0.1) is 6.54 Å². The van der Waals surface area contributed by atoms with Gasteiger partial charge in [-0.15, -0.1) is 35.7 Å². The summed E-state index contributed by atoms with van der Waals surface area (Å²) in [6, 6.07) is 18.4. The Morgan fingerprint density at radius 2 is 1.82 bits per heavy atom. The SMILES string of the molecule is CN=C(NCc1cc(-c2ccccc2)on1)NCc1ccc(C)cc1SC.I. The molecule has 3 rings (SSSR count). The molecule has 2 aromatic carbocycles. The number of aromatic nitrogens is 1. The maximum Gasteiger partial charge on any atom is 0.191 e. The highest BCUT2D eigenvalue weighted by molar-refractivity contribution is 14.0. The van der Waals surface area contributed by atoms with Gasteiger partial charge >= 0.3 is 0 Å². The van der Waals surface area contributed by atoms with E-state index in [1.807, 2.05) is 36.4 Å². The zero-order valence-corrected chi connectivity index (χ0v) is 19.4. The molecule has 0 amide bonds. The van der Waals surface area contributed by atoms with Gasteiger partial charge in [-0.2, -0.15) is 0 Å². The van der Waals surface area contributed by atoms with Gasteiger partial charge in [-0.05, 0) is 30.4 Å². The second-order valence-corrected chi connectivity index (χ2v) is 6.99. The van der Waals surface area contributed by atoms with Crippen molar-refractivity contribution in [3.05, 3.63) is 71.4 Å². The van der Waals surface area contributed by atoms with E-state index in [1.54, 1.807) is 18.8 Å². The molecule has 0 spiro atoms. The van der Waals surface area contributed by atoms with Crippen LogP contribution in [0.2, 0.25) is 0 Å². The fourth-order valence-corrected chi connectivity index (χ4v) is 3.41. The Morgan fingerprint density at radius 3 is 2.54 bits per heavy atom. The van der Waals surface area contributed by atoms with Gasteiger partial charge in [-0.25, -0.2) is 0 Å². The largest absolute Gasteiger partial charge is 0.356 e. The van der Waals surface area contributed by atoms with Crippen molar-refractivity contribution in [2.24, 2.45) is 4.99 Å². The fourth-order valence-electron chi connectivity index (χ4n) is 2.71. The Labute approximate surface area is 187 Å². The minimum atomic E-state index is 0. The molecule has 28 heavy (non-hydrogen) atoms. The standard InChI is InChI=1S/C21H24N4OS.HI/c1-15-9-10-17(20(11-15)27-3)13-23-21(22-2)24-14-18-12-19(26-25-18)16-7-5-4-6-8-16;/h4-12H,13-14H2,1-3H3,(H2,22,23,24);1H. The summed E-state index contributed by atoms with van der Waals surface area (Å²) >= 11 is 1.76. The van der Waals surface area contributed by atoms with Crippen LogP contribution in [-0.4, -0.2) is 24.4 Å². The van der Waals surface area contributed by atoms with E-state index < -0.39 is 0 Å². The van der Waals surface area contributed by atoms with Crippen molar-refractivity contribution in [1.29, 1.82) is 0 Å². The predicted molar refractivity (Wildman–Crippen MR) is 127 cm³/mol. The molecule has 0 radical (unpaired) electrons. The first-order chi connectivity index (χ1) is 13.2. The highest BCUT2D eigenvalue weighted by Crippen LogP contribution is 2.22. The number of thioether (sulfide) groups is 1. The van der Waals surface area contributed by atoms with Gasteiger partial charge in [0.25, 0.3) is 0 Å². The average Bonchev–Trinajstić information content (AvgIpc) is 3.18. The lowest BCUT2D eigenvalue weighted by atomic mass is 10.1. The van der Waals surface area contributed by atoms with E-state index in [0.29, 0.717) is 13.1 Å². The monoisotopic (exact) mass is 508 g/mol. The minimum absolute atomic E-state index is 0. The van der Waals surface area contributed by atoms with Gasteiger partial charge < -0.3 is 15.2 Å². The number of aliphatic imine (C=N–C) groups is 1. The van der Waals surface area contributed by atoms with Gasteiger partial charge in [0, 0.05) is 30.1 Å². The first-order valence-electron chi connectivity index (χ1n) is 8.78. The lowest BCUT2D eigenvalue weighted by Crippen LogP contribution is -2.36. The minimum Gasteiger partial charge on any atom is -0.356 e. The van der Waals surface area contributed by atoms with Gasteiger partial charge in [0.1, 0.15) is 5.69 Å². The number of benzene rings is 2. The quantitative estimate of drug-likeness (QED) is 0.216.